The Morgan fingerprint density at radius 3 is 2.25 bits per heavy atom. The Kier molecular flexibility index (Phi) is 3.55. The largest absolute Gasteiger partial charge is 0.410 e. The minimum Gasteiger partial charge on any atom is -0.410 e. The Balaban J connectivity index is 3.31. The molecule has 12 heavy (non-hydrogen) atoms. The molecule has 1 aromatic carbocycles. The average molecular weight is 313 g/mol. The van der Waals surface area contributed by atoms with E-state index in [9.17, 15) is 0 Å². The highest BCUT2D eigenvalue weighted by Gasteiger charge is 2.09. The third-order valence-electron chi connectivity index (χ3n) is 1.26. The Morgan fingerprint density at radius 1 is 1.33 bits per heavy atom. The molecular formula is C7H4Br2ClNO. The molecule has 0 heterocycles. The SMILES string of the molecule is ON=C(Cl)c1c(Br)cccc1Br. The molecule has 0 fully saturated rings. The Labute approximate surface area is 91.5 Å². The van der Waals surface area contributed by atoms with Crippen molar-refractivity contribution in [2.24, 2.45) is 5.16 Å². The molecule has 0 radical (unpaired) electrons. The summed E-state index contributed by atoms with van der Waals surface area (Å²) in [6.45, 7) is 0. The second-order valence-electron chi connectivity index (χ2n) is 1.99. The monoisotopic (exact) mass is 311 g/mol. The third-order valence-corrected chi connectivity index (χ3v) is 2.84. The van der Waals surface area contributed by atoms with Crippen molar-refractivity contribution in [1.82, 2.24) is 0 Å². The van der Waals surface area contributed by atoms with E-state index in [4.69, 9.17) is 16.8 Å². The van der Waals surface area contributed by atoms with E-state index in [1.54, 1.807) is 0 Å². The van der Waals surface area contributed by atoms with E-state index in [0.717, 1.165) is 8.95 Å². The normalized spacial score (nSPS) is 11.8. The van der Waals surface area contributed by atoms with Crippen molar-refractivity contribution in [3.63, 3.8) is 0 Å². The maximum Gasteiger partial charge on any atom is 0.177 e. The van der Waals surface area contributed by atoms with E-state index >= 15 is 0 Å². The zero-order chi connectivity index (χ0) is 9.14. The van der Waals surface area contributed by atoms with Gasteiger partial charge >= 0.3 is 0 Å². The minimum atomic E-state index is 0.0503. The molecule has 0 spiro atoms. The van der Waals surface area contributed by atoms with Crippen LogP contribution < -0.4 is 0 Å². The third kappa shape index (κ3) is 2.00. The van der Waals surface area contributed by atoms with Gasteiger partial charge in [0.15, 0.2) is 5.17 Å². The van der Waals surface area contributed by atoms with Gasteiger partial charge in [0.05, 0.1) is 0 Å². The summed E-state index contributed by atoms with van der Waals surface area (Å²) in [7, 11) is 0. The first-order valence-electron chi connectivity index (χ1n) is 2.98. The topological polar surface area (TPSA) is 32.6 Å². The summed E-state index contributed by atoms with van der Waals surface area (Å²) in [5.74, 6) is 0. The van der Waals surface area contributed by atoms with Gasteiger partial charge in [-0.15, -0.1) is 0 Å². The number of nitrogens with zero attached hydrogens (tertiary/aromatic N) is 1. The van der Waals surface area contributed by atoms with Gasteiger partial charge in [0.1, 0.15) is 0 Å². The quantitative estimate of drug-likeness (QED) is 0.480. The van der Waals surface area contributed by atoms with Gasteiger partial charge in [0.2, 0.25) is 0 Å². The zero-order valence-electron chi connectivity index (χ0n) is 5.76. The molecule has 64 valence electrons. The molecule has 1 aromatic rings. The molecule has 1 N–H and O–H groups in total. The second-order valence-corrected chi connectivity index (χ2v) is 4.05. The average Bonchev–Trinajstić information content (AvgIpc) is 2.03. The van der Waals surface area contributed by atoms with Gasteiger partial charge in [-0.1, -0.05) is 54.7 Å². The van der Waals surface area contributed by atoms with Gasteiger partial charge in [-0.05, 0) is 12.1 Å². The zero-order valence-corrected chi connectivity index (χ0v) is 9.69. The molecule has 0 aromatic heterocycles. The molecular weight excluding hydrogens is 309 g/mol. The molecule has 0 bridgehead atoms. The van der Waals surface area contributed by atoms with Crippen LogP contribution in [0.2, 0.25) is 0 Å². The first-order chi connectivity index (χ1) is 5.66. The Morgan fingerprint density at radius 2 is 1.83 bits per heavy atom. The first-order valence-corrected chi connectivity index (χ1v) is 4.95. The van der Waals surface area contributed by atoms with Crippen LogP contribution in [0, 0.1) is 0 Å². The molecule has 0 aliphatic heterocycles. The van der Waals surface area contributed by atoms with Crippen molar-refractivity contribution in [2.45, 2.75) is 0 Å². The Bertz CT molecular complexity index is 307. The summed E-state index contributed by atoms with van der Waals surface area (Å²) in [4.78, 5) is 0. The number of rotatable bonds is 1. The summed E-state index contributed by atoms with van der Waals surface area (Å²) < 4.78 is 1.55. The lowest BCUT2D eigenvalue weighted by molar-refractivity contribution is 0.321. The van der Waals surface area contributed by atoms with Crippen molar-refractivity contribution >= 4 is 48.6 Å². The molecule has 0 amide bonds. The van der Waals surface area contributed by atoms with Crippen molar-refractivity contribution in [2.75, 3.05) is 0 Å². The summed E-state index contributed by atoms with van der Waals surface area (Å²) in [6.07, 6.45) is 0. The fourth-order valence-electron chi connectivity index (χ4n) is 0.745. The summed E-state index contributed by atoms with van der Waals surface area (Å²) in [5.41, 5.74) is 0.640. The van der Waals surface area contributed by atoms with Crippen LogP contribution in [0.25, 0.3) is 0 Å². The van der Waals surface area contributed by atoms with Crippen molar-refractivity contribution < 1.29 is 5.21 Å². The molecule has 0 saturated heterocycles. The van der Waals surface area contributed by atoms with Gasteiger partial charge in [0.25, 0.3) is 0 Å². The molecule has 2 nitrogen and oxygen atoms in total. The second kappa shape index (κ2) is 4.25. The molecule has 0 unspecified atom stereocenters. The van der Waals surface area contributed by atoms with E-state index in [2.05, 4.69) is 37.0 Å². The van der Waals surface area contributed by atoms with Crippen LogP contribution in [0.5, 0.6) is 0 Å². The number of hydrogen-bond acceptors (Lipinski definition) is 2. The molecule has 0 saturated carbocycles. The van der Waals surface area contributed by atoms with E-state index < -0.39 is 0 Å². The standard InChI is InChI=1S/C7H4Br2ClNO/c8-4-2-1-3-5(9)6(4)7(10)11-12/h1-3,12H. The number of benzene rings is 1. The lowest BCUT2D eigenvalue weighted by Gasteiger charge is -2.02. The lowest BCUT2D eigenvalue weighted by Crippen LogP contribution is -1.93. The summed E-state index contributed by atoms with van der Waals surface area (Å²) in [5, 5.41) is 11.4. The van der Waals surface area contributed by atoms with E-state index in [0.29, 0.717) is 5.56 Å². The Hall–Kier alpha value is -0.0600. The maximum absolute atomic E-state index is 8.45. The fraction of sp³-hybridized carbons (Fsp3) is 0. The van der Waals surface area contributed by atoms with E-state index in [1.807, 2.05) is 18.2 Å². The van der Waals surface area contributed by atoms with Gasteiger partial charge in [-0.25, -0.2) is 0 Å². The molecule has 0 atom stereocenters. The highest BCUT2D eigenvalue weighted by Crippen LogP contribution is 2.26. The van der Waals surface area contributed by atoms with Crippen LogP contribution in [0.1, 0.15) is 5.56 Å². The van der Waals surface area contributed by atoms with Crippen LogP contribution in [-0.2, 0) is 0 Å². The highest BCUT2D eigenvalue weighted by molar-refractivity contribution is 9.11. The van der Waals surface area contributed by atoms with Crippen LogP contribution in [0.4, 0.5) is 0 Å². The van der Waals surface area contributed by atoms with E-state index in [-0.39, 0.29) is 5.17 Å². The van der Waals surface area contributed by atoms with E-state index in [1.165, 1.54) is 0 Å². The smallest absolute Gasteiger partial charge is 0.177 e. The molecule has 5 heteroatoms. The first kappa shape index (κ1) is 10.0. The van der Waals surface area contributed by atoms with Crippen LogP contribution in [0.3, 0.4) is 0 Å². The van der Waals surface area contributed by atoms with Gasteiger partial charge in [0, 0.05) is 14.5 Å². The predicted molar refractivity (Wildman–Crippen MR) is 56.0 cm³/mol. The van der Waals surface area contributed by atoms with Gasteiger partial charge < -0.3 is 5.21 Å². The molecule has 1 rings (SSSR count). The lowest BCUT2D eigenvalue weighted by atomic mass is 10.2. The summed E-state index contributed by atoms with van der Waals surface area (Å²) >= 11 is 12.2. The number of halogens is 3. The minimum absolute atomic E-state index is 0.0503. The van der Waals surface area contributed by atoms with Crippen LogP contribution in [-0.4, -0.2) is 10.4 Å². The number of hydrogen-bond donors (Lipinski definition) is 1. The van der Waals surface area contributed by atoms with Crippen molar-refractivity contribution in [3.8, 4) is 0 Å². The fourth-order valence-corrected chi connectivity index (χ4v) is 2.55. The maximum atomic E-state index is 8.45. The molecule has 0 aliphatic rings. The van der Waals surface area contributed by atoms with Crippen molar-refractivity contribution in [1.29, 1.82) is 0 Å². The predicted octanol–water partition coefficient (Wildman–Crippen LogP) is 3.59. The van der Waals surface area contributed by atoms with Crippen molar-refractivity contribution in [3.05, 3.63) is 32.7 Å². The number of oxime groups is 1. The van der Waals surface area contributed by atoms with Crippen LogP contribution in [0.15, 0.2) is 32.3 Å². The van der Waals surface area contributed by atoms with Gasteiger partial charge in [-0.3, -0.25) is 0 Å². The molecule has 0 aliphatic carbocycles. The van der Waals surface area contributed by atoms with Gasteiger partial charge in [-0.2, -0.15) is 0 Å². The summed E-state index contributed by atoms with van der Waals surface area (Å²) in [6, 6.07) is 5.47. The van der Waals surface area contributed by atoms with Crippen LogP contribution >= 0.6 is 43.5 Å². The highest BCUT2D eigenvalue weighted by atomic mass is 79.9.